The minimum atomic E-state index is 0.869. The lowest BCUT2D eigenvalue weighted by Gasteiger charge is -2.28. The van der Waals surface area contributed by atoms with E-state index in [1.807, 2.05) is 0 Å². The number of anilines is 3. The molecule has 0 amide bonds. The highest BCUT2D eigenvalue weighted by atomic mass is 16.3. The molecule has 1 heterocycles. The molecule has 0 saturated carbocycles. The first-order chi connectivity index (χ1) is 27.8. The van der Waals surface area contributed by atoms with Gasteiger partial charge < -0.3 is 9.32 Å². The van der Waals surface area contributed by atoms with Crippen molar-refractivity contribution in [2.24, 2.45) is 0 Å². The van der Waals surface area contributed by atoms with E-state index < -0.39 is 0 Å². The van der Waals surface area contributed by atoms with Crippen LogP contribution in [0.15, 0.2) is 217 Å². The van der Waals surface area contributed by atoms with Gasteiger partial charge in [-0.15, -0.1) is 0 Å². The number of hydrogen-bond donors (Lipinski definition) is 0. The van der Waals surface area contributed by atoms with Gasteiger partial charge in [0.05, 0.1) is 16.8 Å². The van der Waals surface area contributed by atoms with Gasteiger partial charge in [-0.3, -0.25) is 0 Å². The minimum Gasteiger partial charge on any atom is -0.455 e. The Labute approximate surface area is 325 Å². The molecule has 10 aromatic carbocycles. The van der Waals surface area contributed by atoms with E-state index in [1.54, 1.807) is 0 Å². The predicted molar refractivity (Wildman–Crippen MR) is 237 cm³/mol. The van der Waals surface area contributed by atoms with E-state index in [0.717, 1.165) is 50.1 Å². The second kappa shape index (κ2) is 13.2. The molecular formula is C54H35NO. The third-order valence-corrected chi connectivity index (χ3v) is 11.2. The summed E-state index contributed by atoms with van der Waals surface area (Å²) in [5.74, 6) is 0. The van der Waals surface area contributed by atoms with Crippen molar-refractivity contribution in [1.29, 1.82) is 0 Å². The van der Waals surface area contributed by atoms with E-state index in [4.69, 9.17) is 4.42 Å². The molecule has 11 aromatic rings. The Morgan fingerprint density at radius 3 is 1.71 bits per heavy atom. The highest BCUT2D eigenvalue weighted by Gasteiger charge is 2.24. The summed E-state index contributed by atoms with van der Waals surface area (Å²) in [5.41, 5.74) is 12.0. The van der Waals surface area contributed by atoms with Crippen LogP contribution in [0.4, 0.5) is 17.1 Å². The average Bonchev–Trinajstić information content (AvgIpc) is 3.67. The first-order valence-corrected chi connectivity index (χ1v) is 19.2. The van der Waals surface area contributed by atoms with Crippen molar-refractivity contribution in [3.8, 4) is 33.4 Å². The van der Waals surface area contributed by atoms with Crippen LogP contribution in [-0.4, -0.2) is 0 Å². The van der Waals surface area contributed by atoms with Gasteiger partial charge in [0.1, 0.15) is 11.2 Å². The second-order valence-electron chi connectivity index (χ2n) is 14.5. The van der Waals surface area contributed by atoms with Crippen LogP contribution >= 0.6 is 0 Å². The number of fused-ring (bicyclic) bond motifs is 7. The fraction of sp³-hybridized carbons (Fsp3) is 0. The number of benzene rings is 10. The lowest BCUT2D eigenvalue weighted by Crippen LogP contribution is -2.11. The molecule has 0 bridgehead atoms. The molecule has 0 aliphatic heterocycles. The van der Waals surface area contributed by atoms with Crippen LogP contribution in [0.3, 0.4) is 0 Å². The number of hydrogen-bond acceptors (Lipinski definition) is 2. The standard InChI is InChI=1S/C54H35NO/c1-2-13-36(14-3-1)41-19-10-20-42(35-41)37-29-31-43(32-30-37)55(49-25-12-18-40-28-27-39-16-5-7-22-45(39)52(40)49)50-34-33-47(46-24-11-17-38-15-4-6-21-44(38)46)54-53(50)48-23-8-9-26-51(48)56-54/h1-35H. The molecule has 0 fully saturated rings. The van der Waals surface area contributed by atoms with Crippen LogP contribution in [0.5, 0.6) is 0 Å². The van der Waals surface area contributed by atoms with Crippen LogP contribution in [-0.2, 0) is 0 Å². The van der Waals surface area contributed by atoms with Gasteiger partial charge in [0.2, 0.25) is 0 Å². The fourth-order valence-electron chi connectivity index (χ4n) is 8.61. The zero-order valence-electron chi connectivity index (χ0n) is 30.6. The van der Waals surface area contributed by atoms with E-state index in [2.05, 4.69) is 217 Å². The summed E-state index contributed by atoms with van der Waals surface area (Å²) >= 11 is 0. The summed E-state index contributed by atoms with van der Waals surface area (Å²) in [4.78, 5) is 2.44. The maximum atomic E-state index is 6.91. The maximum absolute atomic E-state index is 6.91. The van der Waals surface area contributed by atoms with E-state index in [-0.39, 0.29) is 0 Å². The van der Waals surface area contributed by atoms with Crippen molar-refractivity contribution in [1.82, 2.24) is 0 Å². The SMILES string of the molecule is c1ccc(-c2cccc(-c3ccc(N(c4cccc5ccc6ccccc6c45)c4ccc(-c5cccc6ccccc56)c5oc6ccccc6c45)cc3)c2)cc1. The van der Waals surface area contributed by atoms with Crippen LogP contribution in [0.1, 0.15) is 0 Å². The van der Waals surface area contributed by atoms with E-state index in [1.165, 1.54) is 54.6 Å². The smallest absolute Gasteiger partial charge is 0.145 e. The zero-order valence-corrected chi connectivity index (χ0v) is 30.6. The quantitative estimate of drug-likeness (QED) is 0.160. The van der Waals surface area contributed by atoms with E-state index >= 15 is 0 Å². The molecule has 0 radical (unpaired) electrons. The molecule has 0 spiro atoms. The molecule has 1 aromatic heterocycles. The highest BCUT2D eigenvalue weighted by Crippen LogP contribution is 2.49. The molecule has 2 nitrogen and oxygen atoms in total. The third kappa shape index (κ3) is 5.26. The van der Waals surface area contributed by atoms with Gasteiger partial charge in [-0.2, -0.15) is 0 Å². The van der Waals surface area contributed by atoms with Gasteiger partial charge in [0, 0.05) is 22.0 Å². The first-order valence-electron chi connectivity index (χ1n) is 19.2. The molecular weight excluding hydrogens is 679 g/mol. The van der Waals surface area contributed by atoms with Crippen LogP contribution in [0.2, 0.25) is 0 Å². The molecule has 11 rings (SSSR count). The van der Waals surface area contributed by atoms with E-state index in [0.29, 0.717) is 0 Å². The molecule has 262 valence electrons. The predicted octanol–water partition coefficient (Wildman–Crippen LogP) is 15.5. The zero-order chi connectivity index (χ0) is 37.0. The lowest BCUT2D eigenvalue weighted by molar-refractivity contribution is 0.670. The maximum Gasteiger partial charge on any atom is 0.145 e. The molecule has 0 atom stereocenters. The normalized spacial score (nSPS) is 11.6. The van der Waals surface area contributed by atoms with Crippen molar-refractivity contribution in [2.45, 2.75) is 0 Å². The Kier molecular flexibility index (Phi) is 7.53. The Bertz CT molecular complexity index is 3240. The van der Waals surface area contributed by atoms with Crippen molar-refractivity contribution in [3.05, 3.63) is 212 Å². The van der Waals surface area contributed by atoms with Gasteiger partial charge >= 0.3 is 0 Å². The van der Waals surface area contributed by atoms with Crippen LogP contribution in [0, 0.1) is 0 Å². The monoisotopic (exact) mass is 713 g/mol. The lowest BCUT2D eigenvalue weighted by atomic mass is 9.95. The summed E-state index contributed by atoms with van der Waals surface area (Å²) in [6.45, 7) is 0. The summed E-state index contributed by atoms with van der Waals surface area (Å²) in [6.07, 6.45) is 0. The van der Waals surface area contributed by atoms with Gasteiger partial charge in [0.25, 0.3) is 0 Å². The Morgan fingerprint density at radius 2 is 0.893 bits per heavy atom. The molecule has 56 heavy (non-hydrogen) atoms. The topological polar surface area (TPSA) is 16.4 Å². The summed E-state index contributed by atoms with van der Waals surface area (Å²) in [7, 11) is 0. The van der Waals surface area contributed by atoms with Crippen LogP contribution in [0.25, 0.3) is 87.6 Å². The van der Waals surface area contributed by atoms with Gasteiger partial charge in [-0.05, 0) is 97.2 Å². The Balaban J connectivity index is 1.17. The molecule has 0 aliphatic rings. The summed E-state index contributed by atoms with van der Waals surface area (Å²) in [6, 6.07) is 76.4. The Morgan fingerprint density at radius 1 is 0.321 bits per heavy atom. The van der Waals surface area contributed by atoms with E-state index in [9.17, 15) is 0 Å². The van der Waals surface area contributed by atoms with Gasteiger partial charge in [-0.25, -0.2) is 0 Å². The van der Waals surface area contributed by atoms with Crippen molar-refractivity contribution < 1.29 is 4.42 Å². The van der Waals surface area contributed by atoms with Crippen molar-refractivity contribution in [2.75, 3.05) is 4.90 Å². The number of furan rings is 1. The molecule has 2 heteroatoms. The highest BCUT2D eigenvalue weighted by molar-refractivity contribution is 6.21. The van der Waals surface area contributed by atoms with Gasteiger partial charge in [0.15, 0.2) is 0 Å². The number of para-hydroxylation sites is 1. The summed E-state index contributed by atoms with van der Waals surface area (Å²) in [5, 5.41) is 9.43. The minimum absolute atomic E-state index is 0.869. The average molecular weight is 714 g/mol. The summed E-state index contributed by atoms with van der Waals surface area (Å²) < 4.78 is 6.91. The molecule has 0 saturated heterocycles. The third-order valence-electron chi connectivity index (χ3n) is 11.2. The molecule has 0 aliphatic carbocycles. The largest absolute Gasteiger partial charge is 0.455 e. The molecule has 0 N–H and O–H groups in total. The number of nitrogens with zero attached hydrogens (tertiary/aromatic N) is 1. The van der Waals surface area contributed by atoms with Crippen molar-refractivity contribution >= 4 is 71.3 Å². The van der Waals surface area contributed by atoms with Crippen molar-refractivity contribution in [3.63, 3.8) is 0 Å². The fourth-order valence-corrected chi connectivity index (χ4v) is 8.61. The van der Waals surface area contributed by atoms with Crippen LogP contribution < -0.4 is 4.90 Å². The number of rotatable bonds is 6. The molecule has 0 unspecified atom stereocenters. The first kappa shape index (κ1) is 32.0. The Hall–Kier alpha value is -7.42. The second-order valence-corrected chi connectivity index (χ2v) is 14.5. The van der Waals surface area contributed by atoms with Gasteiger partial charge in [-0.1, -0.05) is 170 Å².